The third-order valence-corrected chi connectivity index (χ3v) is 5.27. The number of hydrogen-bond acceptors (Lipinski definition) is 4. The Balaban J connectivity index is 2.16. The van der Waals surface area contributed by atoms with E-state index < -0.39 is 10.0 Å². The number of benzene rings is 1. The Kier molecular flexibility index (Phi) is 4.35. The molecule has 1 aliphatic rings. The molecule has 5 nitrogen and oxygen atoms in total. The van der Waals surface area contributed by atoms with Crippen LogP contribution < -0.4 is 10.5 Å². The molecule has 106 valence electrons. The van der Waals surface area contributed by atoms with Gasteiger partial charge in [-0.15, -0.1) is 0 Å². The van der Waals surface area contributed by atoms with Crippen molar-refractivity contribution >= 4 is 27.3 Å². The molecule has 1 aromatic carbocycles. The van der Waals surface area contributed by atoms with E-state index in [4.69, 9.17) is 17.3 Å². The molecule has 0 unspecified atom stereocenters. The lowest BCUT2D eigenvalue weighted by atomic mass is 9.94. The minimum atomic E-state index is -3.67. The first-order valence-electron chi connectivity index (χ1n) is 6.14. The maximum absolute atomic E-state index is 12.2. The van der Waals surface area contributed by atoms with Crippen molar-refractivity contribution in [3.8, 4) is 0 Å². The summed E-state index contributed by atoms with van der Waals surface area (Å²) in [4.78, 5) is 0.000267. The summed E-state index contributed by atoms with van der Waals surface area (Å²) in [6, 6.07) is 4.21. The summed E-state index contributed by atoms with van der Waals surface area (Å²) in [7, 11) is -3.67. The first-order chi connectivity index (χ1) is 8.88. The number of nitrogens with two attached hydrogens (primary N) is 1. The van der Waals surface area contributed by atoms with Crippen LogP contribution in [-0.2, 0) is 10.0 Å². The summed E-state index contributed by atoms with van der Waals surface area (Å²) in [6.07, 6.45) is 2.15. The fourth-order valence-corrected chi connectivity index (χ4v) is 4.04. The highest BCUT2D eigenvalue weighted by molar-refractivity contribution is 7.89. The molecule has 0 radical (unpaired) electrons. The van der Waals surface area contributed by atoms with Crippen molar-refractivity contribution in [2.75, 3.05) is 5.73 Å². The maximum atomic E-state index is 12.2. The van der Waals surface area contributed by atoms with E-state index in [-0.39, 0.29) is 22.1 Å². The number of halogens is 1. The molecule has 0 saturated heterocycles. The Morgan fingerprint density at radius 2 is 1.89 bits per heavy atom. The lowest BCUT2D eigenvalue weighted by molar-refractivity contribution is 0.120. The number of anilines is 1. The van der Waals surface area contributed by atoms with Crippen molar-refractivity contribution in [3.05, 3.63) is 23.2 Å². The Bertz CT molecular complexity index is 554. The van der Waals surface area contributed by atoms with E-state index in [0.29, 0.717) is 31.4 Å². The van der Waals surface area contributed by atoms with Crippen molar-refractivity contribution in [1.29, 1.82) is 0 Å². The van der Waals surface area contributed by atoms with Gasteiger partial charge in [-0.1, -0.05) is 11.6 Å². The van der Waals surface area contributed by atoms with Gasteiger partial charge in [-0.3, -0.25) is 0 Å². The largest absolute Gasteiger partial charge is 0.399 e. The Labute approximate surface area is 117 Å². The van der Waals surface area contributed by atoms with Gasteiger partial charge in [-0.2, -0.15) is 0 Å². The van der Waals surface area contributed by atoms with Crippen LogP contribution in [0.1, 0.15) is 25.7 Å². The number of hydrogen-bond donors (Lipinski definition) is 3. The van der Waals surface area contributed by atoms with Crippen molar-refractivity contribution in [1.82, 2.24) is 4.72 Å². The molecule has 1 aromatic rings. The molecule has 1 saturated carbocycles. The van der Waals surface area contributed by atoms with Crippen molar-refractivity contribution in [2.45, 2.75) is 42.7 Å². The second-order valence-corrected chi connectivity index (χ2v) is 6.91. The van der Waals surface area contributed by atoms with Gasteiger partial charge < -0.3 is 10.8 Å². The van der Waals surface area contributed by atoms with Crippen LogP contribution in [0.4, 0.5) is 5.69 Å². The van der Waals surface area contributed by atoms with Gasteiger partial charge in [0.2, 0.25) is 10.0 Å². The molecule has 1 fully saturated rings. The molecule has 0 aromatic heterocycles. The predicted molar refractivity (Wildman–Crippen MR) is 74.4 cm³/mol. The summed E-state index contributed by atoms with van der Waals surface area (Å²) in [6.45, 7) is 0. The number of rotatable bonds is 3. The van der Waals surface area contributed by atoms with E-state index in [9.17, 15) is 13.5 Å². The molecule has 0 spiro atoms. The number of aliphatic hydroxyl groups excluding tert-OH is 1. The standard InChI is InChI=1S/C12H17ClN2O3S/c13-11-6-1-8(14)7-12(11)19(17,18)15-9-2-4-10(16)5-3-9/h1,6-7,9-10,15-16H,2-5,14H2. The van der Waals surface area contributed by atoms with Gasteiger partial charge in [0.15, 0.2) is 0 Å². The predicted octanol–water partition coefficient (Wildman–Crippen LogP) is 1.50. The van der Waals surface area contributed by atoms with E-state index in [2.05, 4.69) is 4.72 Å². The smallest absolute Gasteiger partial charge is 0.242 e. The normalized spacial score (nSPS) is 24.3. The fraction of sp³-hybridized carbons (Fsp3) is 0.500. The first-order valence-corrected chi connectivity index (χ1v) is 8.00. The minimum absolute atomic E-state index is 0.000267. The third-order valence-electron chi connectivity index (χ3n) is 3.26. The molecule has 0 heterocycles. The SMILES string of the molecule is Nc1ccc(Cl)c(S(=O)(=O)NC2CCC(O)CC2)c1. The third kappa shape index (κ3) is 3.60. The molecule has 0 bridgehead atoms. The van der Waals surface area contributed by atoms with Gasteiger partial charge in [-0.25, -0.2) is 13.1 Å². The van der Waals surface area contributed by atoms with Crippen LogP contribution in [0.25, 0.3) is 0 Å². The average molecular weight is 305 g/mol. The number of nitrogen functional groups attached to an aromatic ring is 1. The van der Waals surface area contributed by atoms with E-state index in [0.717, 1.165) is 0 Å². The zero-order chi connectivity index (χ0) is 14.0. The van der Waals surface area contributed by atoms with Crippen LogP contribution in [0.3, 0.4) is 0 Å². The molecular formula is C12H17ClN2O3S. The molecule has 0 atom stereocenters. The number of aliphatic hydroxyl groups is 1. The van der Waals surface area contributed by atoms with Crippen LogP contribution in [0.15, 0.2) is 23.1 Å². The zero-order valence-corrected chi connectivity index (χ0v) is 11.9. The van der Waals surface area contributed by atoms with Gasteiger partial charge in [0.25, 0.3) is 0 Å². The summed E-state index contributed by atoms with van der Waals surface area (Å²) in [5.74, 6) is 0. The molecule has 1 aliphatic carbocycles. The second-order valence-electron chi connectivity index (χ2n) is 4.82. The topological polar surface area (TPSA) is 92.4 Å². The van der Waals surface area contributed by atoms with Crippen molar-refractivity contribution in [3.63, 3.8) is 0 Å². The van der Waals surface area contributed by atoms with Crippen LogP contribution in [0, 0.1) is 0 Å². The molecule has 0 amide bonds. The molecule has 19 heavy (non-hydrogen) atoms. The van der Waals surface area contributed by atoms with E-state index in [1.165, 1.54) is 12.1 Å². The number of nitrogens with one attached hydrogen (secondary N) is 1. The van der Waals surface area contributed by atoms with Crippen LogP contribution >= 0.6 is 11.6 Å². The molecule has 7 heteroatoms. The van der Waals surface area contributed by atoms with E-state index in [1.54, 1.807) is 6.07 Å². The molecular weight excluding hydrogens is 288 g/mol. The highest BCUT2D eigenvalue weighted by atomic mass is 35.5. The second kappa shape index (κ2) is 5.66. The molecule has 0 aliphatic heterocycles. The zero-order valence-electron chi connectivity index (χ0n) is 10.3. The first kappa shape index (κ1) is 14.6. The summed E-state index contributed by atoms with van der Waals surface area (Å²) < 4.78 is 27.1. The highest BCUT2D eigenvalue weighted by Gasteiger charge is 2.26. The lowest BCUT2D eigenvalue weighted by Gasteiger charge is -2.26. The van der Waals surface area contributed by atoms with Gasteiger partial charge in [0, 0.05) is 11.7 Å². The average Bonchev–Trinajstić information content (AvgIpc) is 2.35. The summed E-state index contributed by atoms with van der Waals surface area (Å²) >= 11 is 5.91. The van der Waals surface area contributed by atoms with Crippen LogP contribution in [0.2, 0.25) is 5.02 Å². The van der Waals surface area contributed by atoms with E-state index >= 15 is 0 Å². The maximum Gasteiger partial charge on any atom is 0.242 e. The van der Waals surface area contributed by atoms with Crippen molar-refractivity contribution in [2.24, 2.45) is 0 Å². The van der Waals surface area contributed by atoms with Gasteiger partial charge >= 0.3 is 0 Å². The van der Waals surface area contributed by atoms with Gasteiger partial charge in [-0.05, 0) is 43.9 Å². The van der Waals surface area contributed by atoms with Gasteiger partial charge in [0.1, 0.15) is 4.90 Å². The summed E-state index contributed by atoms with van der Waals surface area (Å²) in [5.41, 5.74) is 5.94. The Morgan fingerprint density at radius 1 is 1.26 bits per heavy atom. The van der Waals surface area contributed by atoms with E-state index in [1.807, 2.05) is 0 Å². The number of sulfonamides is 1. The quantitative estimate of drug-likeness (QED) is 0.738. The molecule has 2 rings (SSSR count). The highest BCUT2D eigenvalue weighted by Crippen LogP contribution is 2.26. The van der Waals surface area contributed by atoms with Crippen LogP contribution in [0.5, 0.6) is 0 Å². The Morgan fingerprint density at radius 3 is 2.53 bits per heavy atom. The lowest BCUT2D eigenvalue weighted by Crippen LogP contribution is -2.38. The van der Waals surface area contributed by atoms with Crippen LogP contribution in [-0.4, -0.2) is 25.7 Å². The van der Waals surface area contributed by atoms with Gasteiger partial charge in [0.05, 0.1) is 11.1 Å². The minimum Gasteiger partial charge on any atom is -0.399 e. The monoisotopic (exact) mass is 304 g/mol. The molecule has 4 N–H and O–H groups in total. The fourth-order valence-electron chi connectivity index (χ4n) is 2.20. The van der Waals surface area contributed by atoms with Crippen molar-refractivity contribution < 1.29 is 13.5 Å². The summed E-state index contributed by atoms with van der Waals surface area (Å²) in [5, 5.41) is 9.56. The Hall–Kier alpha value is -0.820.